The van der Waals surface area contributed by atoms with Crippen molar-refractivity contribution in [2.45, 2.75) is 31.2 Å². The number of carbonyl (C=O) groups is 1. The van der Waals surface area contributed by atoms with Crippen LogP contribution in [-0.4, -0.2) is 35.9 Å². The van der Waals surface area contributed by atoms with E-state index >= 15 is 0 Å². The molecule has 7 heteroatoms. The summed E-state index contributed by atoms with van der Waals surface area (Å²) in [5, 5.41) is 14.4. The topological polar surface area (TPSA) is 72.7 Å². The normalized spacial score (nSPS) is 18.5. The van der Waals surface area contributed by atoms with E-state index in [-0.39, 0.29) is 11.7 Å². The van der Waals surface area contributed by atoms with E-state index in [9.17, 15) is 9.90 Å². The van der Waals surface area contributed by atoms with E-state index in [1.807, 2.05) is 55.8 Å². The van der Waals surface area contributed by atoms with Crippen molar-refractivity contribution >= 4 is 28.4 Å². The van der Waals surface area contributed by atoms with Crippen molar-refractivity contribution in [1.29, 1.82) is 0 Å². The molecule has 0 saturated carbocycles. The van der Waals surface area contributed by atoms with Gasteiger partial charge in [0.1, 0.15) is 11.4 Å². The van der Waals surface area contributed by atoms with Gasteiger partial charge in [0.25, 0.3) is 5.91 Å². The van der Waals surface area contributed by atoms with Gasteiger partial charge in [0.15, 0.2) is 0 Å². The molecule has 1 amide bonds. The Morgan fingerprint density at radius 2 is 1.97 bits per heavy atom. The van der Waals surface area contributed by atoms with Crippen LogP contribution >= 0.6 is 11.6 Å². The predicted molar refractivity (Wildman–Crippen MR) is 130 cm³/mol. The first-order valence-electron chi connectivity index (χ1n) is 10.8. The van der Waals surface area contributed by atoms with Crippen molar-refractivity contribution in [3.8, 4) is 5.75 Å². The molecular formula is C26H29ClN2O4. The van der Waals surface area contributed by atoms with Gasteiger partial charge in [-0.15, -0.1) is 0 Å². The van der Waals surface area contributed by atoms with Crippen LogP contribution in [0.15, 0.2) is 54.8 Å². The maximum absolute atomic E-state index is 13.4. The zero-order valence-corrected chi connectivity index (χ0v) is 20.1. The number of ether oxygens (including phenoxy) is 2. The standard InChI is InChI=1S/C26H29ClN2O4/c1-16(30)25(2,3)17-6-8-18(9-7-17)26(12-13-33-15-26)28-24(31)21-14-19-20(29(21)4)10-11-22(32-5)23(19)27/h6-11,14,30H,1,12-13,15H2,2-5H3,(H,28,31). The average Bonchev–Trinajstić information content (AvgIpc) is 3.40. The summed E-state index contributed by atoms with van der Waals surface area (Å²) in [6.07, 6.45) is 0.659. The van der Waals surface area contributed by atoms with Crippen LogP contribution < -0.4 is 10.1 Å². The highest BCUT2D eigenvalue weighted by Gasteiger charge is 2.39. The molecular weight excluding hydrogens is 440 g/mol. The molecule has 1 aliphatic rings. The molecule has 0 radical (unpaired) electrons. The third-order valence-corrected chi connectivity index (χ3v) is 7.22. The highest BCUT2D eigenvalue weighted by molar-refractivity contribution is 6.37. The summed E-state index contributed by atoms with van der Waals surface area (Å²) in [4.78, 5) is 13.4. The number of rotatable bonds is 6. The van der Waals surface area contributed by atoms with Crippen molar-refractivity contribution in [3.63, 3.8) is 0 Å². The molecule has 1 unspecified atom stereocenters. The highest BCUT2D eigenvalue weighted by atomic mass is 35.5. The molecule has 3 aromatic rings. The number of halogens is 1. The number of nitrogens with one attached hydrogen (secondary N) is 1. The summed E-state index contributed by atoms with van der Waals surface area (Å²) < 4.78 is 12.9. The quantitative estimate of drug-likeness (QED) is 0.485. The van der Waals surface area contributed by atoms with Gasteiger partial charge in [-0.25, -0.2) is 0 Å². The van der Waals surface area contributed by atoms with Gasteiger partial charge in [-0.2, -0.15) is 0 Å². The predicted octanol–water partition coefficient (Wildman–Crippen LogP) is 5.24. The summed E-state index contributed by atoms with van der Waals surface area (Å²) in [6.45, 7) is 8.46. The van der Waals surface area contributed by atoms with Crippen LogP contribution in [0, 0.1) is 0 Å². The molecule has 0 aliphatic carbocycles. The average molecular weight is 469 g/mol. The molecule has 1 atom stereocenters. The second-order valence-electron chi connectivity index (χ2n) is 9.09. The number of aromatic nitrogens is 1. The van der Waals surface area contributed by atoms with Gasteiger partial charge in [0.2, 0.25) is 0 Å². The fourth-order valence-electron chi connectivity index (χ4n) is 4.35. The molecule has 2 N–H and O–H groups in total. The Bertz CT molecular complexity index is 1220. The summed E-state index contributed by atoms with van der Waals surface area (Å²) in [5.41, 5.74) is 2.03. The molecule has 2 aromatic carbocycles. The van der Waals surface area contributed by atoms with E-state index < -0.39 is 11.0 Å². The SMILES string of the molecule is C=C(O)C(C)(C)c1ccc(C2(NC(=O)c3cc4c(Cl)c(OC)ccc4n3C)CCOC2)cc1. The molecule has 6 nitrogen and oxygen atoms in total. The lowest BCUT2D eigenvalue weighted by atomic mass is 9.81. The molecule has 0 spiro atoms. The van der Waals surface area contributed by atoms with Crippen LogP contribution in [0.1, 0.15) is 41.9 Å². The monoisotopic (exact) mass is 468 g/mol. The fourth-order valence-corrected chi connectivity index (χ4v) is 4.64. The maximum atomic E-state index is 13.4. The number of aliphatic hydroxyl groups excluding tert-OH is 1. The van der Waals surface area contributed by atoms with E-state index in [1.54, 1.807) is 19.2 Å². The van der Waals surface area contributed by atoms with Gasteiger partial charge in [0.05, 0.1) is 35.6 Å². The van der Waals surface area contributed by atoms with Gasteiger partial charge in [-0.3, -0.25) is 4.79 Å². The van der Waals surface area contributed by atoms with Crippen molar-refractivity contribution in [2.75, 3.05) is 20.3 Å². The smallest absolute Gasteiger partial charge is 0.268 e. The first kappa shape index (κ1) is 23.2. The Morgan fingerprint density at radius 1 is 1.27 bits per heavy atom. The molecule has 1 saturated heterocycles. The van der Waals surface area contributed by atoms with Crippen LogP contribution in [-0.2, 0) is 22.7 Å². The van der Waals surface area contributed by atoms with Gasteiger partial charge in [-0.1, -0.05) is 42.4 Å². The Kier molecular flexibility index (Phi) is 5.93. The Hall–Kier alpha value is -2.96. The number of benzene rings is 2. The van der Waals surface area contributed by atoms with E-state index in [4.69, 9.17) is 21.1 Å². The van der Waals surface area contributed by atoms with E-state index in [1.165, 1.54) is 0 Å². The number of nitrogens with zero attached hydrogens (tertiary/aromatic N) is 1. The number of hydrogen-bond donors (Lipinski definition) is 2. The summed E-state index contributed by atoms with van der Waals surface area (Å²) in [6, 6.07) is 13.4. The molecule has 33 heavy (non-hydrogen) atoms. The van der Waals surface area contributed by atoms with E-state index in [0.29, 0.717) is 36.1 Å². The minimum atomic E-state index is -0.645. The second-order valence-corrected chi connectivity index (χ2v) is 9.47. The van der Waals surface area contributed by atoms with Crippen molar-refractivity contribution < 1.29 is 19.4 Å². The van der Waals surface area contributed by atoms with E-state index in [2.05, 4.69) is 11.9 Å². The Labute approximate surface area is 198 Å². The Morgan fingerprint density at radius 3 is 2.55 bits per heavy atom. The zero-order chi connectivity index (χ0) is 24.0. The van der Waals surface area contributed by atoms with Crippen LogP contribution in [0.4, 0.5) is 0 Å². The van der Waals surface area contributed by atoms with E-state index in [0.717, 1.165) is 22.0 Å². The first-order valence-corrected chi connectivity index (χ1v) is 11.2. The molecule has 1 aromatic heterocycles. The lowest BCUT2D eigenvalue weighted by Crippen LogP contribution is -2.47. The lowest BCUT2D eigenvalue weighted by Gasteiger charge is -2.31. The Balaban J connectivity index is 1.68. The minimum Gasteiger partial charge on any atom is -0.512 e. The zero-order valence-electron chi connectivity index (χ0n) is 19.4. The van der Waals surface area contributed by atoms with Crippen LogP contribution in [0.25, 0.3) is 10.9 Å². The van der Waals surface area contributed by atoms with Crippen molar-refractivity contribution in [3.05, 3.63) is 76.6 Å². The second kappa shape index (κ2) is 8.43. The van der Waals surface area contributed by atoms with Crippen LogP contribution in [0.3, 0.4) is 0 Å². The fraction of sp³-hybridized carbons (Fsp3) is 0.346. The number of fused-ring (bicyclic) bond motifs is 1. The van der Waals surface area contributed by atoms with Gasteiger partial charge >= 0.3 is 0 Å². The van der Waals surface area contributed by atoms with Gasteiger partial charge in [-0.05, 0) is 43.2 Å². The highest BCUT2D eigenvalue weighted by Crippen LogP contribution is 2.36. The van der Waals surface area contributed by atoms with Crippen molar-refractivity contribution in [1.82, 2.24) is 9.88 Å². The lowest BCUT2D eigenvalue weighted by molar-refractivity contribution is 0.0868. The maximum Gasteiger partial charge on any atom is 0.268 e. The number of aryl methyl sites for hydroxylation is 1. The largest absolute Gasteiger partial charge is 0.512 e. The van der Waals surface area contributed by atoms with Gasteiger partial charge < -0.3 is 24.5 Å². The summed E-state index contributed by atoms with van der Waals surface area (Å²) in [7, 11) is 3.41. The third kappa shape index (κ3) is 3.87. The van der Waals surface area contributed by atoms with Crippen LogP contribution in [0.5, 0.6) is 5.75 Å². The van der Waals surface area contributed by atoms with Gasteiger partial charge in [0, 0.05) is 30.9 Å². The molecule has 174 valence electrons. The number of hydrogen-bond acceptors (Lipinski definition) is 4. The number of amides is 1. The summed E-state index contributed by atoms with van der Waals surface area (Å²) >= 11 is 6.49. The molecule has 1 aliphatic heterocycles. The number of allylic oxidation sites excluding steroid dienone is 1. The minimum absolute atomic E-state index is 0.105. The van der Waals surface area contributed by atoms with Crippen LogP contribution in [0.2, 0.25) is 5.02 Å². The molecule has 0 bridgehead atoms. The first-order chi connectivity index (χ1) is 15.6. The molecule has 4 rings (SSSR count). The number of carbonyl (C=O) groups excluding carboxylic acids is 1. The summed E-state index contributed by atoms with van der Waals surface area (Å²) in [5.74, 6) is 0.465. The number of methoxy groups -OCH3 is 1. The third-order valence-electron chi connectivity index (χ3n) is 6.83. The molecule has 2 heterocycles. The number of aliphatic hydroxyl groups is 1. The van der Waals surface area contributed by atoms with Crippen molar-refractivity contribution in [2.24, 2.45) is 7.05 Å². The molecule has 1 fully saturated rings.